The van der Waals surface area contributed by atoms with Gasteiger partial charge in [0.15, 0.2) is 5.76 Å². The molecule has 14 heavy (non-hydrogen) atoms. The molecule has 0 saturated carbocycles. The van der Waals surface area contributed by atoms with E-state index in [0.29, 0.717) is 6.54 Å². The third-order valence-electron chi connectivity index (χ3n) is 2.18. The largest absolute Gasteiger partial charge is 0.360 e. The summed E-state index contributed by atoms with van der Waals surface area (Å²) >= 11 is 0. The van der Waals surface area contributed by atoms with Gasteiger partial charge >= 0.3 is 0 Å². The third-order valence-corrected chi connectivity index (χ3v) is 2.18. The van der Waals surface area contributed by atoms with Gasteiger partial charge < -0.3 is 10.3 Å². The van der Waals surface area contributed by atoms with Crippen LogP contribution in [0, 0.1) is 0 Å². The second-order valence-corrected chi connectivity index (χ2v) is 3.36. The Morgan fingerprint density at radius 2 is 2.29 bits per heavy atom. The van der Waals surface area contributed by atoms with Crippen molar-refractivity contribution in [2.45, 2.75) is 33.4 Å². The van der Waals surface area contributed by atoms with Crippen molar-refractivity contribution in [1.82, 2.24) is 10.1 Å². The topological polar surface area (TPSA) is 55.3 Å². The highest BCUT2D eigenvalue weighted by Gasteiger charge is 2.07. The number of rotatable bonds is 6. The van der Waals surface area contributed by atoms with Crippen molar-refractivity contribution in [3.63, 3.8) is 0 Å². The molecule has 0 aliphatic heterocycles. The van der Waals surface area contributed by atoms with Gasteiger partial charge in [0, 0.05) is 12.6 Å². The Balaban J connectivity index is 2.48. The smallest absolute Gasteiger partial charge is 0.151 e. The fraction of sp³-hybridized carbons (Fsp3) is 0.700. The van der Waals surface area contributed by atoms with Crippen LogP contribution in [-0.2, 0) is 13.1 Å². The molecule has 0 fully saturated rings. The van der Waals surface area contributed by atoms with E-state index >= 15 is 0 Å². The Hall–Kier alpha value is -0.870. The van der Waals surface area contributed by atoms with E-state index in [-0.39, 0.29) is 0 Å². The van der Waals surface area contributed by atoms with Crippen molar-refractivity contribution in [3.05, 3.63) is 17.5 Å². The molecular formula is C10H19N3O. The van der Waals surface area contributed by atoms with Gasteiger partial charge in [0.25, 0.3) is 0 Å². The molecule has 0 aliphatic rings. The van der Waals surface area contributed by atoms with E-state index in [1.54, 1.807) is 0 Å². The summed E-state index contributed by atoms with van der Waals surface area (Å²) in [5.74, 6) is 0.903. The lowest BCUT2D eigenvalue weighted by molar-refractivity contribution is 0.241. The third kappa shape index (κ3) is 3.12. The van der Waals surface area contributed by atoms with Crippen LogP contribution in [-0.4, -0.2) is 23.1 Å². The minimum absolute atomic E-state index is 0.448. The second-order valence-electron chi connectivity index (χ2n) is 3.36. The molecule has 1 rings (SSSR count). The van der Waals surface area contributed by atoms with Crippen LogP contribution in [0.25, 0.3) is 0 Å². The van der Waals surface area contributed by atoms with Crippen LogP contribution in [0.3, 0.4) is 0 Å². The molecule has 0 unspecified atom stereocenters. The van der Waals surface area contributed by atoms with E-state index in [9.17, 15) is 0 Å². The van der Waals surface area contributed by atoms with Gasteiger partial charge in [0.05, 0.1) is 12.2 Å². The van der Waals surface area contributed by atoms with Gasteiger partial charge in [0.2, 0.25) is 0 Å². The Bertz CT molecular complexity index is 260. The van der Waals surface area contributed by atoms with Gasteiger partial charge in [-0.05, 0) is 19.5 Å². The minimum Gasteiger partial charge on any atom is -0.360 e. The Morgan fingerprint density at radius 1 is 1.50 bits per heavy atom. The maximum atomic E-state index is 5.45. The van der Waals surface area contributed by atoms with Gasteiger partial charge in [0.1, 0.15) is 0 Å². The van der Waals surface area contributed by atoms with E-state index in [1.165, 1.54) is 0 Å². The fourth-order valence-corrected chi connectivity index (χ4v) is 1.41. The van der Waals surface area contributed by atoms with Crippen molar-refractivity contribution in [3.8, 4) is 0 Å². The van der Waals surface area contributed by atoms with E-state index in [4.69, 9.17) is 10.3 Å². The number of nitrogens with zero attached hydrogens (tertiary/aromatic N) is 2. The predicted octanol–water partition coefficient (Wildman–Crippen LogP) is 1.37. The number of hydrogen-bond acceptors (Lipinski definition) is 4. The van der Waals surface area contributed by atoms with Crippen molar-refractivity contribution in [1.29, 1.82) is 0 Å². The first-order valence-electron chi connectivity index (χ1n) is 5.17. The normalized spacial score (nSPS) is 11.1. The monoisotopic (exact) mass is 197 g/mol. The lowest BCUT2D eigenvalue weighted by Crippen LogP contribution is -2.23. The quantitative estimate of drug-likeness (QED) is 0.748. The van der Waals surface area contributed by atoms with Crippen LogP contribution in [0.2, 0.25) is 0 Å². The highest BCUT2D eigenvalue weighted by Crippen LogP contribution is 2.07. The summed E-state index contributed by atoms with van der Waals surface area (Å²) < 4.78 is 5.16. The number of hydrogen-bond donors (Lipinski definition) is 1. The van der Waals surface area contributed by atoms with E-state index < -0.39 is 0 Å². The zero-order valence-electron chi connectivity index (χ0n) is 8.99. The van der Waals surface area contributed by atoms with Gasteiger partial charge in [-0.3, -0.25) is 4.90 Å². The summed E-state index contributed by atoms with van der Waals surface area (Å²) in [7, 11) is 0. The van der Waals surface area contributed by atoms with Crippen LogP contribution >= 0.6 is 0 Å². The first-order chi connectivity index (χ1) is 6.80. The lowest BCUT2D eigenvalue weighted by atomic mass is 10.3. The molecule has 0 aromatic carbocycles. The lowest BCUT2D eigenvalue weighted by Gasteiger charge is -2.16. The van der Waals surface area contributed by atoms with Crippen LogP contribution in [0.5, 0.6) is 0 Å². The fourth-order valence-electron chi connectivity index (χ4n) is 1.41. The molecule has 80 valence electrons. The summed E-state index contributed by atoms with van der Waals surface area (Å²) in [5, 5.41) is 3.86. The average molecular weight is 197 g/mol. The molecule has 1 aromatic heterocycles. The summed E-state index contributed by atoms with van der Waals surface area (Å²) in [4.78, 5) is 2.32. The summed E-state index contributed by atoms with van der Waals surface area (Å²) in [6.45, 7) is 7.73. The molecule has 2 N–H and O–H groups in total. The van der Waals surface area contributed by atoms with Crippen molar-refractivity contribution < 1.29 is 4.52 Å². The molecule has 1 heterocycles. The summed E-state index contributed by atoms with van der Waals surface area (Å²) in [6.07, 6.45) is 1.16. The van der Waals surface area contributed by atoms with E-state index in [0.717, 1.165) is 37.5 Å². The van der Waals surface area contributed by atoms with Gasteiger partial charge in [-0.1, -0.05) is 19.0 Å². The molecule has 4 heteroatoms. The van der Waals surface area contributed by atoms with Crippen molar-refractivity contribution >= 4 is 0 Å². The first-order valence-corrected chi connectivity index (χ1v) is 5.17. The van der Waals surface area contributed by atoms with Gasteiger partial charge in [-0.25, -0.2) is 0 Å². The highest BCUT2D eigenvalue weighted by molar-refractivity contribution is 5.04. The maximum Gasteiger partial charge on any atom is 0.151 e. The van der Waals surface area contributed by atoms with Gasteiger partial charge in [-0.15, -0.1) is 0 Å². The Kier molecular flexibility index (Phi) is 4.62. The zero-order valence-corrected chi connectivity index (χ0v) is 8.99. The highest BCUT2D eigenvalue weighted by atomic mass is 16.5. The zero-order chi connectivity index (χ0) is 10.4. The molecular weight excluding hydrogens is 178 g/mol. The van der Waals surface area contributed by atoms with Crippen LogP contribution in [0.1, 0.15) is 31.7 Å². The molecule has 0 bridgehead atoms. The molecule has 0 aliphatic carbocycles. The standard InChI is InChI=1S/C10H19N3O/c1-3-5-13(4-2)8-10-6-9(7-11)12-14-10/h6H,3-5,7-8,11H2,1-2H3. The molecule has 0 atom stereocenters. The Morgan fingerprint density at radius 3 is 2.79 bits per heavy atom. The van der Waals surface area contributed by atoms with Crippen molar-refractivity contribution in [2.24, 2.45) is 5.73 Å². The van der Waals surface area contributed by atoms with Crippen LogP contribution < -0.4 is 5.73 Å². The SMILES string of the molecule is CCCN(CC)Cc1cc(CN)no1. The van der Waals surface area contributed by atoms with E-state index in [1.807, 2.05) is 6.07 Å². The average Bonchev–Trinajstić information content (AvgIpc) is 2.65. The summed E-state index contributed by atoms with van der Waals surface area (Å²) in [5.41, 5.74) is 6.28. The molecule has 0 radical (unpaired) electrons. The molecule has 0 amide bonds. The molecule has 1 aromatic rings. The van der Waals surface area contributed by atoms with Crippen LogP contribution in [0.4, 0.5) is 0 Å². The van der Waals surface area contributed by atoms with Crippen LogP contribution in [0.15, 0.2) is 10.6 Å². The summed E-state index contributed by atoms with van der Waals surface area (Å²) in [6, 6.07) is 1.93. The molecule has 0 saturated heterocycles. The Labute approximate surface area is 85.1 Å². The number of aromatic nitrogens is 1. The number of nitrogens with two attached hydrogens (primary N) is 1. The van der Waals surface area contributed by atoms with Gasteiger partial charge in [-0.2, -0.15) is 0 Å². The maximum absolute atomic E-state index is 5.45. The van der Waals surface area contributed by atoms with Crippen molar-refractivity contribution in [2.75, 3.05) is 13.1 Å². The molecule has 0 spiro atoms. The minimum atomic E-state index is 0.448. The second kappa shape index (κ2) is 5.78. The first kappa shape index (κ1) is 11.2. The van der Waals surface area contributed by atoms with E-state index in [2.05, 4.69) is 23.9 Å². The predicted molar refractivity (Wildman–Crippen MR) is 55.6 cm³/mol. The molecule has 4 nitrogen and oxygen atoms in total.